The van der Waals surface area contributed by atoms with Gasteiger partial charge in [0.2, 0.25) is 0 Å². The van der Waals surface area contributed by atoms with Gasteiger partial charge >= 0.3 is 6.03 Å². The van der Waals surface area contributed by atoms with Crippen LogP contribution < -0.4 is 0 Å². The summed E-state index contributed by atoms with van der Waals surface area (Å²) in [5, 5.41) is 0. The van der Waals surface area contributed by atoms with E-state index in [4.69, 9.17) is 0 Å². The molecule has 0 radical (unpaired) electrons. The molecule has 34 heavy (non-hydrogen) atoms. The van der Waals surface area contributed by atoms with E-state index < -0.39 is 31.9 Å². The lowest BCUT2D eigenvalue weighted by Gasteiger charge is -2.27. The summed E-state index contributed by atoms with van der Waals surface area (Å²) in [5.41, 5.74) is 2.07. The smallest absolute Gasteiger partial charge is 0.312 e. The number of sulfone groups is 1. The summed E-state index contributed by atoms with van der Waals surface area (Å²) in [4.78, 5) is 19.0. The number of rotatable bonds is 6. The van der Waals surface area contributed by atoms with E-state index in [1.807, 2.05) is 32.0 Å². The molecule has 0 aliphatic carbocycles. The Morgan fingerprint density at radius 3 is 2.24 bits per heavy atom. The van der Waals surface area contributed by atoms with Crippen LogP contribution in [0.15, 0.2) is 82.8 Å². The third-order valence-electron chi connectivity index (χ3n) is 5.74. The second kappa shape index (κ2) is 8.84. The van der Waals surface area contributed by atoms with Crippen molar-refractivity contribution >= 4 is 25.9 Å². The minimum absolute atomic E-state index is 0.0284. The van der Waals surface area contributed by atoms with E-state index in [0.717, 1.165) is 21.7 Å². The topological polar surface area (TPSA) is 105 Å². The molecular formula is C24H25N3O5S2. The number of hydrogen-bond acceptors (Lipinski definition) is 6. The van der Waals surface area contributed by atoms with Crippen LogP contribution in [-0.2, 0) is 19.9 Å². The van der Waals surface area contributed by atoms with E-state index in [9.17, 15) is 21.6 Å². The van der Waals surface area contributed by atoms with Gasteiger partial charge in [-0.1, -0.05) is 36.4 Å². The Labute approximate surface area is 199 Å². The fourth-order valence-electron chi connectivity index (χ4n) is 4.06. The van der Waals surface area contributed by atoms with Crippen LogP contribution in [0.4, 0.5) is 4.79 Å². The van der Waals surface area contributed by atoms with Crippen LogP contribution in [0, 0.1) is 0 Å². The Balaban J connectivity index is 1.74. The van der Waals surface area contributed by atoms with Gasteiger partial charge in [0.05, 0.1) is 22.4 Å². The van der Waals surface area contributed by atoms with E-state index in [-0.39, 0.29) is 22.4 Å². The lowest BCUT2D eigenvalue weighted by atomic mass is 9.99. The highest BCUT2D eigenvalue weighted by atomic mass is 32.2. The predicted molar refractivity (Wildman–Crippen MR) is 128 cm³/mol. The number of nitrogens with zero attached hydrogens (tertiary/aromatic N) is 3. The van der Waals surface area contributed by atoms with Crippen molar-refractivity contribution < 1.29 is 21.6 Å². The highest BCUT2D eigenvalue weighted by molar-refractivity contribution is 7.90. The summed E-state index contributed by atoms with van der Waals surface area (Å²) in [6.07, 6.45) is 3.99. The fourth-order valence-corrected chi connectivity index (χ4v) is 6.04. The minimum atomic E-state index is -4.01. The van der Waals surface area contributed by atoms with E-state index in [2.05, 4.69) is 4.98 Å². The summed E-state index contributed by atoms with van der Waals surface area (Å²) < 4.78 is 51.3. The van der Waals surface area contributed by atoms with Crippen LogP contribution in [0.3, 0.4) is 0 Å². The third kappa shape index (κ3) is 4.43. The number of sulfonamides is 1. The molecule has 2 heterocycles. The standard InChI is InChI=1S/C24H25N3O5S2/c1-17(2)27-23(16-26(24(27)28)34(31,32)21-10-5-4-6-11-21)19-9-7-8-18(12-19)20-13-22(15-25-14-20)33(3,29)30/h4-15,17,23H,16H2,1-3H3. The summed E-state index contributed by atoms with van der Waals surface area (Å²) in [6.45, 7) is 3.65. The van der Waals surface area contributed by atoms with Gasteiger partial charge in [-0.3, -0.25) is 4.98 Å². The van der Waals surface area contributed by atoms with Gasteiger partial charge in [-0.05, 0) is 49.2 Å². The van der Waals surface area contributed by atoms with Crippen molar-refractivity contribution in [1.82, 2.24) is 14.2 Å². The van der Waals surface area contributed by atoms with E-state index in [1.54, 1.807) is 41.4 Å². The van der Waals surface area contributed by atoms with Crippen LogP contribution in [0.2, 0.25) is 0 Å². The largest absolute Gasteiger partial charge is 0.334 e. The van der Waals surface area contributed by atoms with Crippen molar-refractivity contribution in [1.29, 1.82) is 0 Å². The summed E-state index contributed by atoms with van der Waals surface area (Å²) in [5.74, 6) is 0. The van der Waals surface area contributed by atoms with Crippen LogP contribution in [0.5, 0.6) is 0 Å². The highest BCUT2D eigenvalue weighted by Gasteiger charge is 2.45. The Hall–Kier alpha value is -3.24. The molecule has 1 atom stereocenters. The maximum Gasteiger partial charge on any atom is 0.334 e. The van der Waals surface area contributed by atoms with E-state index in [1.165, 1.54) is 18.3 Å². The zero-order valence-electron chi connectivity index (χ0n) is 19.0. The second-order valence-corrected chi connectivity index (χ2v) is 12.3. The van der Waals surface area contributed by atoms with Gasteiger partial charge in [0.15, 0.2) is 9.84 Å². The molecule has 1 unspecified atom stereocenters. The summed E-state index contributed by atoms with van der Waals surface area (Å²) >= 11 is 0. The van der Waals surface area contributed by atoms with E-state index >= 15 is 0 Å². The first-order valence-electron chi connectivity index (χ1n) is 10.7. The lowest BCUT2D eigenvalue weighted by molar-refractivity contribution is 0.181. The monoisotopic (exact) mass is 499 g/mol. The molecule has 1 saturated heterocycles. The lowest BCUT2D eigenvalue weighted by Crippen LogP contribution is -2.39. The van der Waals surface area contributed by atoms with Crippen molar-refractivity contribution in [2.45, 2.75) is 35.7 Å². The molecule has 0 bridgehead atoms. The number of benzene rings is 2. The molecule has 1 aromatic heterocycles. The predicted octanol–water partition coefficient (Wildman–Crippen LogP) is 3.73. The van der Waals surface area contributed by atoms with Gasteiger partial charge < -0.3 is 4.90 Å². The minimum Gasteiger partial charge on any atom is -0.312 e. The molecule has 178 valence electrons. The molecule has 1 fully saturated rings. The molecule has 10 heteroatoms. The third-order valence-corrected chi connectivity index (χ3v) is 8.58. The Bertz CT molecular complexity index is 1440. The zero-order chi connectivity index (χ0) is 24.7. The van der Waals surface area contributed by atoms with Crippen molar-refractivity contribution in [3.8, 4) is 11.1 Å². The number of hydrogen-bond donors (Lipinski definition) is 0. The van der Waals surface area contributed by atoms with Crippen molar-refractivity contribution in [3.05, 3.63) is 78.6 Å². The first kappa shape index (κ1) is 23.9. The molecule has 8 nitrogen and oxygen atoms in total. The van der Waals surface area contributed by atoms with Crippen molar-refractivity contribution in [3.63, 3.8) is 0 Å². The van der Waals surface area contributed by atoms with Crippen LogP contribution in [0.25, 0.3) is 11.1 Å². The van der Waals surface area contributed by atoms with Gasteiger partial charge in [0.1, 0.15) is 0 Å². The Morgan fingerprint density at radius 1 is 0.882 bits per heavy atom. The van der Waals surface area contributed by atoms with Gasteiger partial charge in [-0.25, -0.2) is 25.9 Å². The first-order valence-corrected chi connectivity index (χ1v) is 14.0. The van der Waals surface area contributed by atoms with Gasteiger partial charge in [0, 0.05) is 30.3 Å². The highest BCUT2D eigenvalue weighted by Crippen LogP contribution is 2.36. The van der Waals surface area contributed by atoms with Crippen LogP contribution >= 0.6 is 0 Å². The molecule has 1 aliphatic heterocycles. The maximum absolute atomic E-state index is 13.3. The molecule has 2 amide bonds. The van der Waals surface area contributed by atoms with Gasteiger partial charge in [-0.2, -0.15) is 0 Å². The SMILES string of the molecule is CC(C)N1C(=O)N(S(=O)(=O)c2ccccc2)CC1c1cccc(-c2cncc(S(C)(=O)=O)c2)c1. The molecule has 3 aromatic rings. The average molecular weight is 500 g/mol. The maximum atomic E-state index is 13.3. The zero-order valence-corrected chi connectivity index (χ0v) is 20.6. The Morgan fingerprint density at radius 2 is 1.59 bits per heavy atom. The molecule has 1 aliphatic rings. The molecule has 4 rings (SSSR count). The van der Waals surface area contributed by atoms with Crippen molar-refractivity contribution in [2.24, 2.45) is 0 Å². The fraction of sp³-hybridized carbons (Fsp3) is 0.250. The normalized spacial score (nSPS) is 16.9. The molecular weight excluding hydrogens is 474 g/mol. The van der Waals surface area contributed by atoms with Crippen molar-refractivity contribution in [2.75, 3.05) is 12.8 Å². The summed E-state index contributed by atoms with van der Waals surface area (Å²) in [6, 6.07) is 15.4. The van der Waals surface area contributed by atoms with Gasteiger partial charge in [-0.15, -0.1) is 0 Å². The Kier molecular flexibility index (Phi) is 6.22. The second-order valence-electron chi connectivity index (χ2n) is 8.46. The number of carbonyl (C=O) groups excluding carboxylic acids is 1. The molecule has 0 spiro atoms. The molecule has 2 aromatic carbocycles. The number of aromatic nitrogens is 1. The van der Waals surface area contributed by atoms with Gasteiger partial charge in [0.25, 0.3) is 10.0 Å². The molecule has 0 N–H and O–H groups in total. The number of carbonyl (C=O) groups is 1. The number of pyridine rings is 1. The quantitative estimate of drug-likeness (QED) is 0.512. The van der Waals surface area contributed by atoms with Crippen LogP contribution in [0.1, 0.15) is 25.5 Å². The van der Waals surface area contributed by atoms with Crippen LogP contribution in [-0.4, -0.2) is 55.9 Å². The number of urea groups is 1. The first-order chi connectivity index (χ1) is 16.0. The summed E-state index contributed by atoms with van der Waals surface area (Å²) in [7, 11) is -7.44. The van der Waals surface area contributed by atoms with E-state index in [0.29, 0.717) is 5.56 Å². The molecule has 0 saturated carbocycles. The number of amides is 2. The average Bonchev–Trinajstić information content (AvgIpc) is 3.17.